The number of phenolic OH excluding ortho intramolecular Hbond substituents is 1. The number of likely N-dealkylation sites (tertiary alicyclic amines) is 1. The maximum Gasteiger partial charge on any atom is 0.317 e. The molecule has 0 aliphatic carbocycles. The fraction of sp³-hybridized carbons (Fsp3) is 0.600. The third kappa shape index (κ3) is 5.35. The molecule has 1 aromatic carbocycles. The van der Waals surface area contributed by atoms with Gasteiger partial charge in [-0.2, -0.15) is 0 Å². The van der Waals surface area contributed by atoms with Crippen molar-refractivity contribution in [3.05, 3.63) is 29.8 Å². The van der Waals surface area contributed by atoms with E-state index in [1.165, 1.54) is 25.0 Å². The number of hydrogen-bond acceptors (Lipinski definition) is 4. The highest BCUT2D eigenvalue weighted by Crippen LogP contribution is 2.15. The summed E-state index contributed by atoms with van der Waals surface area (Å²) in [5, 5.41) is 12.3. The standard InChI is InChI=1S/C20H30N4O3/c1-16-6-9-22(10-7-16)11-8-21-20(27)24-14-12-23(13-15-24)19(26)17-2-4-18(25)5-3-17/h2-5,16,25H,6-15H2,1H3,(H,21,27). The van der Waals surface area contributed by atoms with Crippen molar-refractivity contribution in [1.82, 2.24) is 20.0 Å². The molecular formula is C20H30N4O3. The number of amides is 3. The molecule has 1 aromatic rings. The molecule has 0 radical (unpaired) electrons. The Balaban J connectivity index is 1.37. The van der Waals surface area contributed by atoms with Gasteiger partial charge in [0.25, 0.3) is 5.91 Å². The third-order valence-corrected chi connectivity index (χ3v) is 5.55. The van der Waals surface area contributed by atoms with Crippen LogP contribution in [0.2, 0.25) is 0 Å². The van der Waals surface area contributed by atoms with Crippen LogP contribution in [0.4, 0.5) is 4.79 Å². The molecule has 0 spiro atoms. The summed E-state index contributed by atoms with van der Waals surface area (Å²) in [4.78, 5) is 30.8. The molecule has 0 unspecified atom stereocenters. The van der Waals surface area contributed by atoms with Crippen molar-refractivity contribution in [2.75, 3.05) is 52.4 Å². The van der Waals surface area contributed by atoms with Gasteiger partial charge in [-0.15, -0.1) is 0 Å². The molecule has 3 rings (SSSR count). The molecule has 2 fully saturated rings. The Morgan fingerprint density at radius 3 is 2.22 bits per heavy atom. The minimum Gasteiger partial charge on any atom is -0.508 e. The first-order chi connectivity index (χ1) is 13.0. The minimum absolute atomic E-state index is 0.0443. The lowest BCUT2D eigenvalue weighted by Crippen LogP contribution is -2.53. The Bertz CT molecular complexity index is 633. The number of rotatable bonds is 4. The molecule has 7 nitrogen and oxygen atoms in total. The first kappa shape index (κ1) is 19.5. The Kier molecular flexibility index (Phi) is 6.55. The van der Waals surface area contributed by atoms with E-state index in [4.69, 9.17) is 0 Å². The molecule has 7 heteroatoms. The predicted octanol–water partition coefficient (Wildman–Crippen LogP) is 1.59. The topological polar surface area (TPSA) is 76.1 Å². The van der Waals surface area contributed by atoms with Gasteiger partial charge in [0, 0.05) is 44.8 Å². The molecule has 2 heterocycles. The largest absolute Gasteiger partial charge is 0.508 e. The summed E-state index contributed by atoms with van der Waals surface area (Å²) < 4.78 is 0. The van der Waals surface area contributed by atoms with E-state index >= 15 is 0 Å². The van der Waals surface area contributed by atoms with Crippen LogP contribution in [-0.4, -0.2) is 84.1 Å². The molecule has 2 saturated heterocycles. The summed E-state index contributed by atoms with van der Waals surface area (Å²) in [5.41, 5.74) is 0.557. The highest BCUT2D eigenvalue weighted by atomic mass is 16.3. The molecule has 27 heavy (non-hydrogen) atoms. The van der Waals surface area contributed by atoms with Gasteiger partial charge in [-0.25, -0.2) is 4.79 Å². The van der Waals surface area contributed by atoms with Crippen LogP contribution in [0.5, 0.6) is 5.75 Å². The fourth-order valence-electron chi connectivity index (χ4n) is 3.62. The first-order valence-corrected chi connectivity index (χ1v) is 9.86. The van der Waals surface area contributed by atoms with Gasteiger partial charge in [0.1, 0.15) is 5.75 Å². The number of carbonyl (C=O) groups excluding carboxylic acids is 2. The molecule has 0 atom stereocenters. The number of hydrogen-bond donors (Lipinski definition) is 2. The van der Waals surface area contributed by atoms with Crippen molar-refractivity contribution in [3.8, 4) is 5.75 Å². The van der Waals surface area contributed by atoms with E-state index in [1.54, 1.807) is 21.9 Å². The lowest BCUT2D eigenvalue weighted by molar-refractivity contribution is 0.0664. The number of piperidine rings is 1. The molecule has 0 bridgehead atoms. The van der Waals surface area contributed by atoms with Crippen LogP contribution in [-0.2, 0) is 0 Å². The Labute approximate surface area is 160 Å². The zero-order chi connectivity index (χ0) is 19.2. The maximum atomic E-state index is 12.5. The monoisotopic (exact) mass is 374 g/mol. The zero-order valence-electron chi connectivity index (χ0n) is 16.1. The van der Waals surface area contributed by atoms with Crippen LogP contribution in [0.15, 0.2) is 24.3 Å². The van der Waals surface area contributed by atoms with Crippen molar-refractivity contribution in [2.24, 2.45) is 5.92 Å². The number of urea groups is 1. The Morgan fingerprint density at radius 2 is 1.59 bits per heavy atom. The van der Waals surface area contributed by atoms with E-state index < -0.39 is 0 Å². The molecule has 2 N–H and O–H groups in total. The van der Waals surface area contributed by atoms with Crippen molar-refractivity contribution in [1.29, 1.82) is 0 Å². The van der Waals surface area contributed by atoms with Gasteiger partial charge in [0.05, 0.1) is 0 Å². The average molecular weight is 374 g/mol. The highest BCUT2D eigenvalue weighted by molar-refractivity contribution is 5.94. The van der Waals surface area contributed by atoms with Gasteiger partial charge in [-0.1, -0.05) is 6.92 Å². The SMILES string of the molecule is CC1CCN(CCNC(=O)N2CCN(C(=O)c3ccc(O)cc3)CC2)CC1. The van der Waals surface area contributed by atoms with Crippen molar-refractivity contribution in [3.63, 3.8) is 0 Å². The number of nitrogens with zero attached hydrogens (tertiary/aromatic N) is 3. The Hall–Kier alpha value is -2.28. The van der Waals surface area contributed by atoms with Gasteiger partial charge >= 0.3 is 6.03 Å². The Morgan fingerprint density at radius 1 is 1.00 bits per heavy atom. The van der Waals surface area contributed by atoms with E-state index in [0.717, 1.165) is 25.6 Å². The summed E-state index contributed by atoms with van der Waals surface area (Å²) in [5.74, 6) is 0.901. The molecule has 2 aliphatic heterocycles. The van der Waals surface area contributed by atoms with E-state index in [1.807, 2.05) is 0 Å². The minimum atomic E-state index is -0.0608. The van der Waals surface area contributed by atoms with E-state index in [0.29, 0.717) is 38.3 Å². The second kappa shape index (κ2) is 9.08. The number of carbonyl (C=O) groups is 2. The van der Waals surface area contributed by atoms with Crippen molar-refractivity contribution >= 4 is 11.9 Å². The molecular weight excluding hydrogens is 344 g/mol. The van der Waals surface area contributed by atoms with E-state index in [2.05, 4.69) is 17.1 Å². The van der Waals surface area contributed by atoms with Crippen LogP contribution in [0.3, 0.4) is 0 Å². The number of phenols is 1. The molecule has 2 aliphatic rings. The van der Waals surface area contributed by atoms with Crippen LogP contribution in [0, 0.1) is 5.92 Å². The molecule has 0 aromatic heterocycles. The second-order valence-electron chi connectivity index (χ2n) is 7.58. The lowest BCUT2D eigenvalue weighted by Gasteiger charge is -2.35. The molecule has 148 valence electrons. The van der Waals surface area contributed by atoms with Gasteiger partial charge in [0.2, 0.25) is 0 Å². The summed E-state index contributed by atoms with van der Waals surface area (Å²) in [6, 6.07) is 6.23. The summed E-state index contributed by atoms with van der Waals surface area (Å²) in [6.07, 6.45) is 2.48. The van der Waals surface area contributed by atoms with Gasteiger partial charge < -0.3 is 25.1 Å². The zero-order valence-corrected chi connectivity index (χ0v) is 16.1. The van der Waals surface area contributed by atoms with Crippen molar-refractivity contribution < 1.29 is 14.7 Å². The average Bonchev–Trinajstić information content (AvgIpc) is 2.69. The molecule has 0 saturated carbocycles. The van der Waals surface area contributed by atoms with Gasteiger partial charge in [-0.05, 0) is 56.1 Å². The maximum absolute atomic E-state index is 12.5. The number of aromatic hydroxyl groups is 1. The summed E-state index contributed by atoms with van der Waals surface area (Å²) in [7, 11) is 0. The lowest BCUT2D eigenvalue weighted by atomic mass is 9.99. The van der Waals surface area contributed by atoms with Crippen LogP contribution >= 0.6 is 0 Å². The van der Waals surface area contributed by atoms with Gasteiger partial charge in [-0.3, -0.25) is 4.79 Å². The number of piperazine rings is 1. The van der Waals surface area contributed by atoms with E-state index in [-0.39, 0.29) is 17.7 Å². The smallest absolute Gasteiger partial charge is 0.317 e. The van der Waals surface area contributed by atoms with Gasteiger partial charge in [0.15, 0.2) is 0 Å². The summed E-state index contributed by atoms with van der Waals surface area (Å²) >= 11 is 0. The normalized spacial score (nSPS) is 19.1. The third-order valence-electron chi connectivity index (χ3n) is 5.55. The second-order valence-corrected chi connectivity index (χ2v) is 7.58. The van der Waals surface area contributed by atoms with Crippen LogP contribution < -0.4 is 5.32 Å². The van der Waals surface area contributed by atoms with E-state index in [9.17, 15) is 14.7 Å². The number of benzene rings is 1. The first-order valence-electron chi connectivity index (χ1n) is 9.86. The predicted molar refractivity (Wildman–Crippen MR) is 104 cm³/mol. The highest BCUT2D eigenvalue weighted by Gasteiger charge is 2.25. The van der Waals surface area contributed by atoms with Crippen molar-refractivity contribution in [2.45, 2.75) is 19.8 Å². The molecule has 3 amide bonds. The van der Waals surface area contributed by atoms with Crippen LogP contribution in [0.1, 0.15) is 30.1 Å². The summed E-state index contributed by atoms with van der Waals surface area (Å²) in [6.45, 7) is 8.23. The number of nitrogens with one attached hydrogen (secondary N) is 1. The van der Waals surface area contributed by atoms with Crippen LogP contribution in [0.25, 0.3) is 0 Å². The quantitative estimate of drug-likeness (QED) is 0.839. The fourth-order valence-corrected chi connectivity index (χ4v) is 3.62.